The van der Waals surface area contributed by atoms with Gasteiger partial charge in [-0.25, -0.2) is 0 Å². The Morgan fingerprint density at radius 2 is 1.21 bits per heavy atom. The van der Waals surface area contributed by atoms with E-state index in [4.69, 9.17) is 0 Å². The maximum atomic E-state index is 11.9. The molecular formula is C37H40O2. The van der Waals surface area contributed by atoms with Gasteiger partial charge >= 0.3 is 0 Å². The lowest BCUT2D eigenvalue weighted by Gasteiger charge is -2.48. The number of fused-ring (bicyclic) bond motifs is 2. The molecule has 2 bridgehead atoms. The molecule has 200 valence electrons. The van der Waals surface area contributed by atoms with Crippen LogP contribution in [0.15, 0.2) is 84.9 Å². The Labute approximate surface area is 233 Å². The molecule has 0 heterocycles. The second-order valence-corrected chi connectivity index (χ2v) is 12.3. The molecule has 4 aromatic rings. The van der Waals surface area contributed by atoms with Gasteiger partial charge in [-0.15, -0.1) is 0 Å². The molecule has 3 atom stereocenters. The Kier molecular flexibility index (Phi) is 6.53. The molecule has 0 aliphatic heterocycles. The van der Waals surface area contributed by atoms with E-state index in [0.717, 1.165) is 54.4 Å². The predicted molar refractivity (Wildman–Crippen MR) is 160 cm³/mol. The van der Waals surface area contributed by atoms with Crippen LogP contribution in [0.4, 0.5) is 0 Å². The summed E-state index contributed by atoms with van der Waals surface area (Å²) >= 11 is 0. The number of phenolic OH excluding ortho intramolecular Hbond substituents is 2. The number of aryl methyl sites for hydroxylation is 2. The number of hydrogen-bond donors (Lipinski definition) is 2. The Hall–Kier alpha value is -3.52. The van der Waals surface area contributed by atoms with Crippen LogP contribution in [-0.4, -0.2) is 10.2 Å². The maximum absolute atomic E-state index is 11.9. The van der Waals surface area contributed by atoms with E-state index in [1.807, 2.05) is 12.1 Å². The van der Waals surface area contributed by atoms with Gasteiger partial charge in [-0.05, 0) is 74.1 Å². The van der Waals surface area contributed by atoms with Crippen LogP contribution in [0, 0.1) is 19.8 Å². The van der Waals surface area contributed by atoms with Gasteiger partial charge in [-0.3, -0.25) is 0 Å². The van der Waals surface area contributed by atoms with E-state index in [-0.39, 0.29) is 10.8 Å². The summed E-state index contributed by atoms with van der Waals surface area (Å²) in [5.74, 6) is 1.52. The molecule has 0 amide bonds. The first-order valence-electron chi connectivity index (χ1n) is 14.6. The summed E-state index contributed by atoms with van der Waals surface area (Å²) in [6.45, 7) is 6.60. The molecule has 2 N–H and O–H groups in total. The summed E-state index contributed by atoms with van der Waals surface area (Å²) in [6, 6.07) is 29.7. The summed E-state index contributed by atoms with van der Waals surface area (Å²) < 4.78 is 0. The quantitative estimate of drug-likeness (QED) is 0.258. The number of benzene rings is 4. The SMILES string of the molecule is CCC1(c2cc(C)cc(Cc3ccccc3)c2O)CC2CCC1(c1cc(C)cc(Cc3ccccc3)c1O)C2. The van der Waals surface area contributed by atoms with Gasteiger partial charge in [0.2, 0.25) is 0 Å². The highest BCUT2D eigenvalue weighted by Gasteiger charge is 2.63. The zero-order chi connectivity index (χ0) is 27.2. The molecule has 2 saturated carbocycles. The van der Waals surface area contributed by atoms with Crippen LogP contribution in [0.1, 0.15) is 83.5 Å². The van der Waals surface area contributed by atoms with Crippen molar-refractivity contribution in [1.29, 1.82) is 0 Å². The number of aromatic hydroxyl groups is 2. The standard InChI is InChI=1S/C37H40O2/c1-4-36(32-19-25(2)17-30(34(32)38)21-27-11-7-5-8-12-27)23-29-15-16-37(36,24-29)33-20-26(3)18-31(35(33)39)22-28-13-9-6-10-14-28/h5-14,17-20,29,38-39H,4,15-16,21-24H2,1-3H3. The monoisotopic (exact) mass is 516 g/mol. The first kappa shape index (κ1) is 25.7. The van der Waals surface area contributed by atoms with Crippen LogP contribution in [0.3, 0.4) is 0 Å². The van der Waals surface area contributed by atoms with Gasteiger partial charge in [-0.2, -0.15) is 0 Å². The minimum absolute atomic E-state index is 0.191. The third-order valence-corrected chi connectivity index (χ3v) is 9.95. The van der Waals surface area contributed by atoms with E-state index in [1.54, 1.807) is 0 Å². The molecule has 2 fully saturated rings. The molecule has 0 spiro atoms. The zero-order valence-corrected chi connectivity index (χ0v) is 23.5. The lowest BCUT2D eigenvalue weighted by atomic mass is 9.54. The van der Waals surface area contributed by atoms with Crippen LogP contribution >= 0.6 is 0 Å². The minimum Gasteiger partial charge on any atom is -0.507 e. The lowest BCUT2D eigenvalue weighted by molar-refractivity contribution is 0.201. The van der Waals surface area contributed by atoms with Gasteiger partial charge in [0.1, 0.15) is 11.5 Å². The molecule has 2 heteroatoms. The first-order chi connectivity index (χ1) is 18.8. The van der Waals surface area contributed by atoms with E-state index in [2.05, 4.69) is 93.6 Å². The number of phenols is 2. The minimum atomic E-state index is -0.216. The van der Waals surface area contributed by atoms with Crippen molar-refractivity contribution in [2.75, 3.05) is 0 Å². The second-order valence-electron chi connectivity index (χ2n) is 12.3. The third kappa shape index (κ3) is 4.25. The van der Waals surface area contributed by atoms with Gasteiger partial charge in [-0.1, -0.05) is 103 Å². The zero-order valence-electron chi connectivity index (χ0n) is 23.5. The van der Waals surface area contributed by atoms with Crippen molar-refractivity contribution >= 4 is 0 Å². The van der Waals surface area contributed by atoms with Crippen molar-refractivity contribution in [3.8, 4) is 11.5 Å². The molecule has 4 aromatic carbocycles. The normalized spacial score (nSPS) is 23.8. The van der Waals surface area contributed by atoms with Gasteiger partial charge in [0, 0.05) is 34.8 Å². The molecule has 0 radical (unpaired) electrons. The molecule has 0 saturated heterocycles. The van der Waals surface area contributed by atoms with Crippen molar-refractivity contribution in [3.05, 3.63) is 129 Å². The van der Waals surface area contributed by atoms with Gasteiger partial charge < -0.3 is 10.2 Å². The summed E-state index contributed by atoms with van der Waals surface area (Å²) in [5.41, 5.74) is 8.59. The third-order valence-electron chi connectivity index (χ3n) is 9.95. The molecule has 2 nitrogen and oxygen atoms in total. The van der Waals surface area contributed by atoms with E-state index < -0.39 is 0 Å². The van der Waals surface area contributed by atoms with Crippen LogP contribution in [0.2, 0.25) is 0 Å². The Bertz CT molecular complexity index is 1390. The maximum Gasteiger partial charge on any atom is 0.122 e. The van der Waals surface area contributed by atoms with Crippen molar-refractivity contribution in [2.24, 2.45) is 5.92 Å². The predicted octanol–water partition coefficient (Wildman–Crippen LogP) is 8.69. The highest BCUT2D eigenvalue weighted by Crippen LogP contribution is 2.69. The lowest BCUT2D eigenvalue weighted by Crippen LogP contribution is -2.45. The molecular weight excluding hydrogens is 476 g/mol. The van der Waals surface area contributed by atoms with E-state index in [9.17, 15) is 10.2 Å². The largest absolute Gasteiger partial charge is 0.507 e. The molecule has 0 aromatic heterocycles. The van der Waals surface area contributed by atoms with Crippen molar-refractivity contribution in [1.82, 2.24) is 0 Å². The van der Waals surface area contributed by atoms with Crippen LogP contribution in [0.5, 0.6) is 11.5 Å². The highest BCUT2D eigenvalue weighted by molar-refractivity contribution is 5.58. The summed E-state index contributed by atoms with van der Waals surface area (Å²) in [6.07, 6.45) is 6.75. The van der Waals surface area contributed by atoms with Gasteiger partial charge in [0.05, 0.1) is 0 Å². The summed E-state index contributed by atoms with van der Waals surface area (Å²) in [4.78, 5) is 0. The number of rotatable bonds is 7. The highest BCUT2D eigenvalue weighted by atomic mass is 16.3. The van der Waals surface area contributed by atoms with E-state index in [1.165, 1.54) is 28.7 Å². The van der Waals surface area contributed by atoms with Crippen LogP contribution < -0.4 is 0 Å². The summed E-state index contributed by atoms with van der Waals surface area (Å²) in [5, 5.41) is 23.9. The molecule has 2 aliphatic carbocycles. The Morgan fingerprint density at radius 3 is 1.72 bits per heavy atom. The molecule has 39 heavy (non-hydrogen) atoms. The molecule has 6 rings (SSSR count). The first-order valence-corrected chi connectivity index (χ1v) is 14.6. The van der Waals surface area contributed by atoms with Crippen molar-refractivity contribution in [2.45, 2.75) is 76.5 Å². The smallest absolute Gasteiger partial charge is 0.122 e. The average Bonchev–Trinajstić information content (AvgIpc) is 3.51. The van der Waals surface area contributed by atoms with Gasteiger partial charge in [0.25, 0.3) is 0 Å². The number of hydrogen-bond acceptors (Lipinski definition) is 2. The van der Waals surface area contributed by atoms with Crippen molar-refractivity contribution in [3.63, 3.8) is 0 Å². The van der Waals surface area contributed by atoms with Crippen LogP contribution in [-0.2, 0) is 23.7 Å². The van der Waals surface area contributed by atoms with E-state index in [0.29, 0.717) is 23.8 Å². The molecule has 3 unspecified atom stereocenters. The van der Waals surface area contributed by atoms with Crippen molar-refractivity contribution < 1.29 is 10.2 Å². The second kappa shape index (κ2) is 9.90. The van der Waals surface area contributed by atoms with E-state index >= 15 is 0 Å². The molecule has 2 aliphatic rings. The Morgan fingerprint density at radius 1 is 0.692 bits per heavy atom. The fourth-order valence-corrected chi connectivity index (χ4v) is 8.33. The average molecular weight is 517 g/mol. The van der Waals surface area contributed by atoms with Gasteiger partial charge in [0.15, 0.2) is 0 Å². The topological polar surface area (TPSA) is 40.5 Å². The summed E-state index contributed by atoms with van der Waals surface area (Å²) in [7, 11) is 0. The van der Waals surface area contributed by atoms with Crippen LogP contribution in [0.25, 0.3) is 0 Å². The Balaban J connectivity index is 1.50. The fraction of sp³-hybridized carbons (Fsp3) is 0.351. The fourth-order valence-electron chi connectivity index (χ4n) is 8.33.